The molecule has 18 heavy (non-hydrogen) atoms. The summed E-state index contributed by atoms with van der Waals surface area (Å²) in [5.41, 5.74) is 1.01. The highest BCUT2D eigenvalue weighted by Crippen LogP contribution is 2.02. The number of nitrogens with zero attached hydrogens (tertiary/aromatic N) is 2. The molecule has 2 heterocycles. The third-order valence-electron chi connectivity index (χ3n) is 2.32. The summed E-state index contributed by atoms with van der Waals surface area (Å²) < 4.78 is 0. The van der Waals surface area contributed by atoms with Crippen LogP contribution in [0.1, 0.15) is 20.7 Å². The van der Waals surface area contributed by atoms with Crippen LogP contribution in [0.5, 0.6) is 0 Å². The molecule has 0 spiro atoms. The van der Waals surface area contributed by atoms with Gasteiger partial charge in [0.25, 0.3) is 0 Å². The maximum absolute atomic E-state index is 11.7. The largest absolute Gasteiger partial charge is 0.289 e. The van der Waals surface area contributed by atoms with Crippen molar-refractivity contribution in [2.45, 2.75) is 0 Å². The smallest absolute Gasteiger partial charge is 0.186 e. The minimum Gasteiger partial charge on any atom is -0.289 e. The Hall–Kier alpha value is -2.62. The number of ketones is 2. The highest BCUT2D eigenvalue weighted by Gasteiger charge is 2.03. The third-order valence-corrected chi connectivity index (χ3v) is 2.32. The number of hydrogen-bond donors (Lipinski definition) is 0. The van der Waals surface area contributed by atoms with Gasteiger partial charge in [0.15, 0.2) is 11.6 Å². The molecule has 0 aromatic carbocycles. The molecular formula is C14H10N2O2. The number of pyridine rings is 2. The monoisotopic (exact) mass is 238 g/mol. The van der Waals surface area contributed by atoms with Crippen LogP contribution in [0.2, 0.25) is 0 Å². The number of allylic oxidation sites excluding steroid dienone is 2. The minimum absolute atomic E-state index is 0.222. The van der Waals surface area contributed by atoms with Crippen LogP contribution in [0.4, 0.5) is 0 Å². The zero-order chi connectivity index (χ0) is 12.8. The fourth-order valence-corrected chi connectivity index (χ4v) is 1.38. The Morgan fingerprint density at radius 1 is 0.722 bits per heavy atom. The van der Waals surface area contributed by atoms with Crippen molar-refractivity contribution in [2.24, 2.45) is 0 Å². The molecule has 0 radical (unpaired) electrons. The van der Waals surface area contributed by atoms with E-state index in [0.29, 0.717) is 11.1 Å². The predicted molar refractivity (Wildman–Crippen MR) is 66.3 cm³/mol. The van der Waals surface area contributed by atoms with E-state index in [9.17, 15) is 9.59 Å². The van der Waals surface area contributed by atoms with Gasteiger partial charge in [-0.2, -0.15) is 0 Å². The lowest BCUT2D eigenvalue weighted by atomic mass is 10.1. The first-order valence-electron chi connectivity index (χ1n) is 5.34. The van der Waals surface area contributed by atoms with E-state index in [1.54, 1.807) is 24.3 Å². The number of hydrogen-bond acceptors (Lipinski definition) is 4. The highest BCUT2D eigenvalue weighted by molar-refractivity contribution is 6.11. The van der Waals surface area contributed by atoms with E-state index in [0.717, 1.165) is 0 Å². The van der Waals surface area contributed by atoms with E-state index in [1.165, 1.54) is 36.9 Å². The van der Waals surface area contributed by atoms with Crippen LogP contribution in [-0.2, 0) is 0 Å². The second-order valence-corrected chi connectivity index (χ2v) is 3.53. The van der Waals surface area contributed by atoms with E-state index >= 15 is 0 Å². The first kappa shape index (κ1) is 11.9. The van der Waals surface area contributed by atoms with Gasteiger partial charge < -0.3 is 0 Å². The van der Waals surface area contributed by atoms with Crippen molar-refractivity contribution in [3.63, 3.8) is 0 Å². The molecule has 4 nitrogen and oxygen atoms in total. The second kappa shape index (κ2) is 5.63. The summed E-state index contributed by atoms with van der Waals surface area (Å²) in [6.07, 6.45) is 8.66. The van der Waals surface area contributed by atoms with Gasteiger partial charge >= 0.3 is 0 Å². The van der Waals surface area contributed by atoms with Gasteiger partial charge in [-0.15, -0.1) is 0 Å². The van der Waals surface area contributed by atoms with Crippen LogP contribution < -0.4 is 0 Å². The highest BCUT2D eigenvalue weighted by atomic mass is 16.1. The zero-order valence-electron chi connectivity index (χ0n) is 9.48. The maximum Gasteiger partial charge on any atom is 0.186 e. The lowest BCUT2D eigenvalue weighted by molar-refractivity contribution is 0.102. The van der Waals surface area contributed by atoms with Gasteiger partial charge in [-0.1, -0.05) is 0 Å². The SMILES string of the molecule is O=C(C=CC(=O)c1ccncc1)c1ccncc1. The first-order valence-corrected chi connectivity index (χ1v) is 5.34. The van der Waals surface area contributed by atoms with Gasteiger partial charge in [0.1, 0.15) is 0 Å². The van der Waals surface area contributed by atoms with E-state index in [4.69, 9.17) is 0 Å². The molecule has 0 fully saturated rings. The molecule has 0 N–H and O–H groups in total. The third kappa shape index (κ3) is 2.95. The summed E-state index contributed by atoms with van der Waals surface area (Å²) in [5.74, 6) is -0.445. The van der Waals surface area contributed by atoms with Gasteiger partial charge in [-0.05, 0) is 36.4 Å². The topological polar surface area (TPSA) is 59.9 Å². The summed E-state index contributed by atoms with van der Waals surface area (Å²) in [4.78, 5) is 31.0. The summed E-state index contributed by atoms with van der Waals surface area (Å²) in [6.45, 7) is 0. The molecule has 2 aromatic rings. The van der Waals surface area contributed by atoms with Crippen LogP contribution in [0.25, 0.3) is 0 Å². The Morgan fingerprint density at radius 3 is 1.39 bits per heavy atom. The average molecular weight is 238 g/mol. The van der Waals surface area contributed by atoms with Gasteiger partial charge in [0.2, 0.25) is 0 Å². The molecule has 0 bridgehead atoms. The Balaban J connectivity index is 2.08. The fourth-order valence-electron chi connectivity index (χ4n) is 1.38. The molecule has 0 aliphatic carbocycles. The quantitative estimate of drug-likeness (QED) is 0.604. The lowest BCUT2D eigenvalue weighted by Crippen LogP contribution is -1.98. The lowest BCUT2D eigenvalue weighted by Gasteiger charge is -1.95. The van der Waals surface area contributed by atoms with Crippen molar-refractivity contribution in [1.29, 1.82) is 0 Å². The summed E-state index contributed by atoms with van der Waals surface area (Å²) in [5, 5.41) is 0. The molecular weight excluding hydrogens is 228 g/mol. The van der Waals surface area contributed by atoms with Crippen molar-refractivity contribution in [3.8, 4) is 0 Å². The Bertz CT molecular complexity index is 524. The van der Waals surface area contributed by atoms with Gasteiger partial charge in [0, 0.05) is 35.9 Å². The Morgan fingerprint density at radius 2 is 1.06 bits per heavy atom. The molecule has 0 amide bonds. The molecule has 0 aliphatic rings. The molecule has 0 saturated carbocycles. The Labute approximate surface area is 104 Å². The van der Waals surface area contributed by atoms with E-state index in [-0.39, 0.29) is 11.6 Å². The number of aromatic nitrogens is 2. The van der Waals surface area contributed by atoms with E-state index < -0.39 is 0 Å². The average Bonchev–Trinajstić information content (AvgIpc) is 2.46. The van der Waals surface area contributed by atoms with Crippen LogP contribution in [0.15, 0.2) is 61.2 Å². The molecule has 0 atom stereocenters. The molecule has 0 aliphatic heterocycles. The normalized spacial score (nSPS) is 10.4. The number of carbonyl (C=O) groups is 2. The van der Waals surface area contributed by atoms with E-state index in [1.807, 2.05) is 0 Å². The van der Waals surface area contributed by atoms with Crippen LogP contribution >= 0.6 is 0 Å². The van der Waals surface area contributed by atoms with Gasteiger partial charge in [-0.3, -0.25) is 19.6 Å². The predicted octanol–water partition coefficient (Wildman–Crippen LogP) is 2.10. The summed E-state index contributed by atoms with van der Waals surface area (Å²) in [6, 6.07) is 6.40. The van der Waals surface area contributed by atoms with Crippen molar-refractivity contribution in [1.82, 2.24) is 9.97 Å². The van der Waals surface area contributed by atoms with Crippen LogP contribution in [0.3, 0.4) is 0 Å². The molecule has 2 rings (SSSR count). The Kier molecular flexibility index (Phi) is 3.71. The number of carbonyl (C=O) groups excluding carboxylic acids is 2. The van der Waals surface area contributed by atoms with Crippen molar-refractivity contribution >= 4 is 11.6 Å². The maximum atomic E-state index is 11.7. The van der Waals surface area contributed by atoms with Gasteiger partial charge in [0.05, 0.1) is 0 Å². The van der Waals surface area contributed by atoms with Gasteiger partial charge in [-0.25, -0.2) is 0 Å². The zero-order valence-corrected chi connectivity index (χ0v) is 9.48. The van der Waals surface area contributed by atoms with Crippen LogP contribution in [-0.4, -0.2) is 21.5 Å². The van der Waals surface area contributed by atoms with E-state index in [2.05, 4.69) is 9.97 Å². The molecule has 4 heteroatoms. The van der Waals surface area contributed by atoms with Crippen molar-refractivity contribution in [2.75, 3.05) is 0 Å². The summed E-state index contributed by atoms with van der Waals surface area (Å²) >= 11 is 0. The molecule has 88 valence electrons. The summed E-state index contributed by atoms with van der Waals surface area (Å²) in [7, 11) is 0. The number of rotatable bonds is 4. The van der Waals surface area contributed by atoms with Crippen molar-refractivity contribution in [3.05, 3.63) is 72.3 Å². The minimum atomic E-state index is -0.222. The van der Waals surface area contributed by atoms with Crippen molar-refractivity contribution < 1.29 is 9.59 Å². The molecule has 2 aromatic heterocycles. The second-order valence-electron chi connectivity index (χ2n) is 3.53. The first-order chi connectivity index (χ1) is 8.77. The molecule has 0 unspecified atom stereocenters. The standard InChI is InChI=1S/C14H10N2O2/c17-13(11-3-7-15-8-4-11)1-2-14(18)12-5-9-16-10-6-12/h1-10H. The van der Waals surface area contributed by atoms with Crippen LogP contribution in [0, 0.1) is 0 Å². The fraction of sp³-hybridized carbons (Fsp3) is 0. The molecule has 0 saturated heterocycles.